The van der Waals surface area contributed by atoms with Gasteiger partial charge in [-0.3, -0.25) is 0 Å². The standard InChI is InChI=1S/C16H12FNO/c17-12-8-9-14(18)16(10-12)19-15-7-3-5-11-4-1-2-6-13(11)15/h1-10H,18H2. The zero-order chi connectivity index (χ0) is 13.2. The van der Waals surface area contributed by atoms with Gasteiger partial charge < -0.3 is 10.5 Å². The maximum atomic E-state index is 13.2. The van der Waals surface area contributed by atoms with Crippen LogP contribution < -0.4 is 10.5 Å². The Kier molecular flexibility index (Phi) is 2.80. The Labute approximate surface area is 110 Å². The van der Waals surface area contributed by atoms with Crippen molar-refractivity contribution in [1.82, 2.24) is 0 Å². The van der Waals surface area contributed by atoms with Crippen LogP contribution in [0.5, 0.6) is 11.5 Å². The molecule has 3 aromatic carbocycles. The topological polar surface area (TPSA) is 35.2 Å². The molecule has 3 aromatic rings. The van der Waals surface area contributed by atoms with Crippen LogP contribution in [0.4, 0.5) is 10.1 Å². The van der Waals surface area contributed by atoms with Crippen molar-refractivity contribution in [1.29, 1.82) is 0 Å². The Balaban J connectivity index is 2.08. The molecule has 0 atom stereocenters. The maximum Gasteiger partial charge on any atom is 0.153 e. The second kappa shape index (κ2) is 4.61. The van der Waals surface area contributed by atoms with Gasteiger partial charge in [-0.25, -0.2) is 4.39 Å². The number of benzene rings is 3. The van der Waals surface area contributed by atoms with E-state index in [0.29, 0.717) is 17.2 Å². The first-order valence-corrected chi connectivity index (χ1v) is 5.95. The second-order valence-electron chi connectivity index (χ2n) is 4.26. The van der Waals surface area contributed by atoms with E-state index in [9.17, 15) is 4.39 Å². The third kappa shape index (κ3) is 2.22. The van der Waals surface area contributed by atoms with E-state index in [4.69, 9.17) is 10.5 Å². The van der Waals surface area contributed by atoms with Crippen molar-refractivity contribution in [2.45, 2.75) is 0 Å². The minimum absolute atomic E-state index is 0.330. The number of rotatable bonds is 2. The van der Waals surface area contributed by atoms with Crippen molar-refractivity contribution in [3.63, 3.8) is 0 Å². The Morgan fingerprint density at radius 1 is 0.842 bits per heavy atom. The molecule has 0 saturated heterocycles. The van der Waals surface area contributed by atoms with Crippen molar-refractivity contribution in [2.75, 3.05) is 5.73 Å². The molecular formula is C16H12FNO. The molecule has 3 heteroatoms. The van der Waals surface area contributed by atoms with Crippen LogP contribution in [0.1, 0.15) is 0 Å². The predicted molar refractivity (Wildman–Crippen MR) is 74.8 cm³/mol. The summed E-state index contributed by atoms with van der Waals surface area (Å²) in [5.74, 6) is 0.621. The number of hydrogen-bond acceptors (Lipinski definition) is 2. The van der Waals surface area contributed by atoms with Gasteiger partial charge in [-0.05, 0) is 23.6 Å². The highest BCUT2D eigenvalue weighted by Gasteiger charge is 2.06. The molecule has 94 valence electrons. The first kappa shape index (κ1) is 11.5. The Bertz CT molecular complexity index is 734. The molecule has 0 bridgehead atoms. The first-order valence-electron chi connectivity index (χ1n) is 5.95. The van der Waals surface area contributed by atoms with Crippen molar-refractivity contribution in [3.8, 4) is 11.5 Å². The van der Waals surface area contributed by atoms with E-state index in [0.717, 1.165) is 10.8 Å². The van der Waals surface area contributed by atoms with E-state index in [2.05, 4.69) is 0 Å². The summed E-state index contributed by atoms with van der Waals surface area (Å²) in [5.41, 5.74) is 6.20. The zero-order valence-corrected chi connectivity index (χ0v) is 10.1. The minimum Gasteiger partial charge on any atom is -0.454 e. The summed E-state index contributed by atoms with van der Waals surface area (Å²) in [4.78, 5) is 0. The molecule has 0 aliphatic rings. The summed E-state index contributed by atoms with van der Waals surface area (Å²) in [5, 5.41) is 2.03. The molecule has 0 radical (unpaired) electrons. The molecule has 19 heavy (non-hydrogen) atoms. The molecule has 2 N–H and O–H groups in total. The van der Waals surface area contributed by atoms with E-state index in [1.54, 1.807) is 0 Å². The van der Waals surface area contributed by atoms with Gasteiger partial charge in [0.25, 0.3) is 0 Å². The lowest BCUT2D eigenvalue weighted by atomic mass is 10.1. The van der Waals surface area contributed by atoms with Gasteiger partial charge in [-0.1, -0.05) is 36.4 Å². The summed E-state index contributed by atoms with van der Waals surface area (Å²) < 4.78 is 19.0. The Morgan fingerprint density at radius 2 is 1.63 bits per heavy atom. The van der Waals surface area contributed by atoms with Crippen molar-refractivity contribution in [3.05, 3.63) is 66.5 Å². The molecule has 2 nitrogen and oxygen atoms in total. The lowest BCUT2D eigenvalue weighted by Gasteiger charge is -2.10. The average Bonchev–Trinajstić information content (AvgIpc) is 2.43. The van der Waals surface area contributed by atoms with Crippen LogP contribution in [0, 0.1) is 5.82 Å². The number of nitrogen functional groups attached to an aromatic ring is 1. The smallest absolute Gasteiger partial charge is 0.153 e. The van der Waals surface area contributed by atoms with Gasteiger partial charge in [-0.2, -0.15) is 0 Å². The molecule has 0 amide bonds. The van der Waals surface area contributed by atoms with Gasteiger partial charge in [0, 0.05) is 11.5 Å². The van der Waals surface area contributed by atoms with Crippen LogP contribution in [-0.2, 0) is 0 Å². The molecule has 0 spiro atoms. The van der Waals surface area contributed by atoms with Crippen LogP contribution in [-0.4, -0.2) is 0 Å². The number of nitrogens with two attached hydrogens (primary N) is 1. The SMILES string of the molecule is Nc1ccc(F)cc1Oc1cccc2ccccc12. The second-order valence-corrected chi connectivity index (χ2v) is 4.26. The Morgan fingerprint density at radius 3 is 2.53 bits per heavy atom. The van der Waals surface area contributed by atoms with Crippen molar-refractivity contribution >= 4 is 16.5 Å². The highest BCUT2D eigenvalue weighted by atomic mass is 19.1. The van der Waals surface area contributed by atoms with E-state index >= 15 is 0 Å². The lowest BCUT2D eigenvalue weighted by Crippen LogP contribution is -1.93. The Hall–Kier alpha value is -2.55. The number of ether oxygens (including phenoxy) is 1. The number of hydrogen-bond donors (Lipinski definition) is 1. The monoisotopic (exact) mass is 253 g/mol. The summed E-state index contributed by atoms with van der Waals surface area (Å²) in [6.45, 7) is 0. The molecular weight excluding hydrogens is 241 g/mol. The number of halogens is 1. The van der Waals surface area contributed by atoms with Gasteiger partial charge in [0.1, 0.15) is 11.6 Å². The third-order valence-electron chi connectivity index (χ3n) is 2.95. The summed E-state index contributed by atoms with van der Waals surface area (Å²) in [6.07, 6.45) is 0. The van der Waals surface area contributed by atoms with Crippen LogP contribution in [0.15, 0.2) is 60.7 Å². The number of fused-ring (bicyclic) bond motifs is 1. The van der Waals surface area contributed by atoms with E-state index in [1.165, 1.54) is 18.2 Å². The third-order valence-corrected chi connectivity index (χ3v) is 2.95. The zero-order valence-electron chi connectivity index (χ0n) is 10.1. The minimum atomic E-state index is -0.371. The fourth-order valence-electron chi connectivity index (χ4n) is 2.00. The normalized spacial score (nSPS) is 10.6. The highest BCUT2D eigenvalue weighted by Crippen LogP contribution is 2.32. The molecule has 0 aliphatic heterocycles. The van der Waals surface area contributed by atoms with Crippen LogP contribution >= 0.6 is 0 Å². The molecule has 3 rings (SSSR count). The summed E-state index contributed by atoms with van der Waals surface area (Å²) in [7, 11) is 0. The largest absolute Gasteiger partial charge is 0.454 e. The van der Waals surface area contributed by atoms with Crippen LogP contribution in [0.25, 0.3) is 10.8 Å². The number of anilines is 1. The average molecular weight is 253 g/mol. The van der Waals surface area contributed by atoms with Gasteiger partial charge in [-0.15, -0.1) is 0 Å². The predicted octanol–water partition coefficient (Wildman–Crippen LogP) is 4.35. The van der Waals surface area contributed by atoms with Gasteiger partial charge in [0.05, 0.1) is 5.69 Å². The fourth-order valence-corrected chi connectivity index (χ4v) is 2.00. The molecule has 0 saturated carbocycles. The molecule has 0 unspecified atom stereocenters. The lowest BCUT2D eigenvalue weighted by molar-refractivity contribution is 0.484. The first-order chi connectivity index (χ1) is 9.24. The quantitative estimate of drug-likeness (QED) is 0.689. The van der Waals surface area contributed by atoms with Gasteiger partial charge in [0.15, 0.2) is 5.75 Å². The summed E-state index contributed by atoms with van der Waals surface area (Å²) >= 11 is 0. The van der Waals surface area contributed by atoms with E-state index in [1.807, 2.05) is 42.5 Å². The summed E-state index contributed by atoms with van der Waals surface area (Å²) in [6, 6.07) is 17.7. The molecule has 0 aliphatic carbocycles. The van der Waals surface area contributed by atoms with Crippen molar-refractivity contribution < 1.29 is 9.13 Å². The molecule has 0 aromatic heterocycles. The van der Waals surface area contributed by atoms with Gasteiger partial charge in [0.2, 0.25) is 0 Å². The maximum absolute atomic E-state index is 13.2. The van der Waals surface area contributed by atoms with Gasteiger partial charge >= 0.3 is 0 Å². The fraction of sp³-hybridized carbons (Fsp3) is 0. The molecule has 0 heterocycles. The molecule has 0 fully saturated rings. The highest BCUT2D eigenvalue weighted by molar-refractivity contribution is 5.88. The van der Waals surface area contributed by atoms with Crippen LogP contribution in [0.3, 0.4) is 0 Å². The van der Waals surface area contributed by atoms with E-state index < -0.39 is 0 Å². The van der Waals surface area contributed by atoms with Crippen LogP contribution in [0.2, 0.25) is 0 Å². The van der Waals surface area contributed by atoms with Crippen molar-refractivity contribution in [2.24, 2.45) is 0 Å². The van der Waals surface area contributed by atoms with E-state index in [-0.39, 0.29) is 5.82 Å².